The molecule has 1 aromatic heterocycles. The van der Waals surface area contributed by atoms with Gasteiger partial charge in [-0.25, -0.2) is 18.4 Å². The highest BCUT2D eigenvalue weighted by molar-refractivity contribution is 7.92. The molecule has 0 radical (unpaired) electrons. The molecule has 1 heterocycles. The van der Waals surface area contributed by atoms with Crippen LogP contribution in [0, 0.1) is 0 Å². The van der Waals surface area contributed by atoms with E-state index in [1.165, 1.54) is 24.3 Å². The van der Waals surface area contributed by atoms with Gasteiger partial charge in [-0.1, -0.05) is 30.7 Å². The van der Waals surface area contributed by atoms with Crippen LogP contribution in [0.15, 0.2) is 53.4 Å². The Morgan fingerprint density at radius 1 is 1.04 bits per heavy atom. The molecule has 3 aromatic rings. The van der Waals surface area contributed by atoms with Crippen LogP contribution in [-0.4, -0.2) is 25.0 Å². The molecule has 0 fully saturated rings. The summed E-state index contributed by atoms with van der Waals surface area (Å²) in [5.41, 5.74) is 1.20. The number of ether oxygens (including phenoxy) is 1. The Morgan fingerprint density at radius 2 is 1.68 bits per heavy atom. The fourth-order valence-electron chi connectivity index (χ4n) is 2.15. The monoisotopic (exact) mass is 377 g/mol. The van der Waals surface area contributed by atoms with Crippen LogP contribution >= 0.6 is 11.6 Å². The number of hydrogen-bond donors (Lipinski definition) is 1. The third-order valence-corrected chi connectivity index (χ3v) is 4.94. The van der Waals surface area contributed by atoms with E-state index in [1.54, 1.807) is 18.2 Å². The fourth-order valence-corrected chi connectivity index (χ4v) is 3.28. The van der Waals surface area contributed by atoms with Crippen LogP contribution in [0.1, 0.15) is 13.3 Å². The Labute approximate surface area is 150 Å². The second-order valence-electron chi connectivity index (χ2n) is 5.27. The predicted octanol–water partition coefficient (Wildman–Crippen LogP) is 3.87. The molecule has 0 aliphatic rings. The van der Waals surface area contributed by atoms with Crippen LogP contribution in [0.5, 0.6) is 5.88 Å². The van der Waals surface area contributed by atoms with Crippen molar-refractivity contribution in [3.63, 3.8) is 0 Å². The maximum Gasteiger partial charge on any atom is 0.263 e. The van der Waals surface area contributed by atoms with E-state index in [0.717, 1.165) is 6.42 Å². The SMILES string of the molecule is CCCOc1nc2ccccc2nc1NS(=O)(=O)c1ccc(Cl)cc1. The number of sulfonamides is 1. The number of hydrogen-bond acceptors (Lipinski definition) is 5. The van der Waals surface area contributed by atoms with E-state index in [9.17, 15) is 8.42 Å². The number of para-hydroxylation sites is 2. The summed E-state index contributed by atoms with van der Waals surface area (Å²) < 4.78 is 33.2. The Balaban J connectivity index is 2.02. The van der Waals surface area contributed by atoms with Crippen molar-refractivity contribution >= 4 is 38.5 Å². The molecule has 0 saturated carbocycles. The Hall–Kier alpha value is -2.38. The summed E-state index contributed by atoms with van der Waals surface area (Å²) in [7, 11) is -3.84. The number of aromatic nitrogens is 2. The van der Waals surface area contributed by atoms with E-state index in [-0.39, 0.29) is 16.6 Å². The second kappa shape index (κ2) is 7.25. The average molecular weight is 378 g/mol. The highest BCUT2D eigenvalue weighted by atomic mass is 35.5. The lowest BCUT2D eigenvalue weighted by molar-refractivity contribution is 0.307. The zero-order valence-electron chi connectivity index (χ0n) is 13.4. The van der Waals surface area contributed by atoms with Gasteiger partial charge in [-0.3, -0.25) is 4.72 Å². The molecule has 0 atom stereocenters. The van der Waals surface area contributed by atoms with Crippen LogP contribution in [0.4, 0.5) is 5.82 Å². The molecule has 0 bridgehead atoms. The molecule has 130 valence electrons. The van der Waals surface area contributed by atoms with Gasteiger partial charge in [0.1, 0.15) is 0 Å². The van der Waals surface area contributed by atoms with Gasteiger partial charge in [0, 0.05) is 5.02 Å². The van der Waals surface area contributed by atoms with E-state index in [0.29, 0.717) is 22.7 Å². The molecule has 3 rings (SSSR count). The molecule has 1 N–H and O–H groups in total. The number of fused-ring (bicyclic) bond motifs is 1. The number of nitrogens with one attached hydrogen (secondary N) is 1. The summed E-state index contributed by atoms with van der Waals surface area (Å²) in [6.07, 6.45) is 0.762. The van der Waals surface area contributed by atoms with Gasteiger partial charge in [-0.15, -0.1) is 0 Å². The summed E-state index contributed by atoms with van der Waals surface area (Å²) in [6, 6.07) is 13.1. The first-order valence-electron chi connectivity index (χ1n) is 7.67. The molecule has 0 saturated heterocycles. The van der Waals surface area contributed by atoms with Gasteiger partial charge in [0.15, 0.2) is 0 Å². The zero-order valence-corrected chi connectivity index (χ0v) is 15.0. The predicted molar refractivity (Wildman–Crippen MR) is 97.6 cm³/mol. The van der Waals surface area contributed by atoms with Crippen molar-refractivity contribution in [2.24, 2.45) is 0 Å². The van der Waals surface area contributed by atoms with Gasteiger partial charge in [-0.2, -0.15) is 0 Å². The van der Waals surface area contributed by atoms with Gasteiger partial charge < -0.3 is 4.74 Å². The van der Waals surface area contributed by atoms with Crippen molar-refractivity contribution in [2.45, 2.75) is 18.2 Å². The van der Waals surface area contributed by atoms with E-state index >= 15 is 0 Å². The molecular weight excluding hydrogens is 362 g/mol. The van der Waals surface area contributed by atoms with Crippen molar-refractivity contribution < 1.29 is 13.2 Å². The molecule has 0 spiro atoms. The van der Waals surface area contributed by atoms with Gasteiger partial charge in [0.25, 0.3) is 15.9 Å². The van der Waals surface area contributed by atoms with Crippen molar-refractivity contribution in [3.8, 4) is 5.88 Å². The van der Waals surface area contributed by atoms with Gasteiger partial charge in [0.05, 0.1) is 22.5 Å². The van der Waals surface area contributed by atoms with Crippen LogP contribution in [0.25, 0.3) is 11.0 Å². The highest BCUT2D eigenvalue weighted by Gasteiger charge is 2.19. The first-order chi connectivity index (χ1) is 12.0. The molecule has 0 unspecified atom stereocenters. The van der Waals surface area contributed by atoms with E-state index < -0.39 is 10.0 Å². The summed E-state index contributed by atoms with van der Waals surface area (Å²) in [6.45, 7) is 2.36. The maximum atomic E-state index is 12.6. The smallest absolute Gasteiger partial charge is 0.263 e. The normalized spacial score (nSPS) is 11.4. The fraction of sp³-hybridized carbons (Fsp3) is 0.176. The van der Waals surface area contributed by atoms with E-state index in [1.807, 2.05) is 13.0 Å². The summed E-state index contributed by atoms with van der Waals surface area (Å²) >= 11 is 5.81. The second-order valence-corrected chi connectivity index (χ2v) is 7.39. The third-order valence-electron chi connectivity index (χ3n) is 3.34. The lowest BCUT2D eigenvalue weighted by Crippen LogP contribution is -2.16. The van der Waals surface area contributed by atoms with Crippen molar-refractivity contribution in [1.82, 2.24) is 9.97 Å². The molecule has 0 amide bonds. The van der Waals surface area contributed by atoms with Crippen LogP contribution in [0.3, 0.4) is 0 Å². The summed E-state index contributed by atoms with van der Waals surface area (Å²) in [5, 5.41) is 0.455. The topological polar surface area (TPSA) is 81.2 Å². The van der Waals surface area contributed by atoms with Crippen molar-refractivity contribution in [1.29, 1.82) is 0 Å². The maximum absolute atomic E-state index is 12.6. The van der Waals surface area contributed by atoms with E-state index in [2.05, 4.69) is 14.7 Å². The lowest BCUT2D eigenvalue weighted by atomic mass is 10.3. The van der Waals surface area contributed by atoms with Gasteiger partial charge >= 0.3 is 0 Å². The Morgan fingerprint density at radius 3 is 2.32 bits per heavy atom. The number of halogens is 1. The van der Waals surface area contributed by atoms with Crippen LogP contribution in [-0.2, 0) is 10.0 Å². The number of rotatable bonds is 6. The molecule has 0 aliphatic carbocycles. The van der Waals surface area contributed by atoms with Crippen molar-refractivity contribution in [3.05, 3.63) is 53.6 Å². The largest absolute Gasteiger partial charge is 0.475 e. The summed E-state index contributed by atoms with van der Waals surface area (Å²) in [5.74, 6) is 0.209. The lowest BCUT2D eigenvalue weighted by Gasteiger charge is -2.12. The number of anilines is 1. The van der Waals surface area contributed by atoms with Gasteiger partial charge in [-0.05, 0) is 42.8 Å². The molecule has 25 heavy (non-hydrogen) atoms. The Kier molecular flexibility index (Phi) is 5.06. The zero-order chi connectivity index (χ0) is 17.9. The molecule has 6 nitrogen and oxygen atoms in total. The first-order valence-corrected chi connectivity index (χ1v) is 9.53. The Bertz CT molecular complexity index is 992. The molecule has 2 aromatic carbocycles. The standard InChI is InChI=1S/C17H16ClN3O3S/c1-2-11-24-17-16(19-14-5-3-4-6-15(14)20-17)21-25(22,23)13-9-7-12(18)8-10-13/h3-10H,2,11H2,1H3,(H,19,21). The molecule has 0 aliphatic heterocycles. The minimum atomic E-state index is -3.84. The first kappa shape index (κ1) is 17.4. The van der Waals surface area contributed by atoms with Gasteiger partial charge in [0.2, 0.25) is 5.82 Å². The van der Waals surface area contributed by atoms with Crippen LogP contribution < -0.4 is 9.46 Å². The minimum absolute atomic E-state index is 0.0575. The van der Waals surface area contributed by atoms with Crippen LogP contribution in [0.2, 0.25) is 5.02 Å². The average Bonchev–Trinajstić information content (AvgIpc) is 2.60. The quantitative estimate of drug-likeness (QED) is 0.705. The molecule has 8 heteroatoms. The number of nitrogens with zero attached hydrogens (tertiary/aromatic N) is 2. The third kappa shape index (κ3) is 4.00. The van der Waals surface area contributed by atoms with E-state index in [4.69, 9.17) is 16.3 Å². The summed E-state index contributed by atoms with van der Waals surface area (Å²) in [4.78, 5) is 8.80. The number of benzene rings is 2. The van der Waals surface area contributed by atoms with Crippen molar-refractivity contribution in [2.75, 3.05) is 11.3 Å². The minimum Gasteiger partial charge on any atom is -0.475 e. The molecular formula is C17H16ClN3O3S. The highest BCUT2D eigenvalue weighted by Crippen LogP contribution is 2.26.